The highest BCUT2D eigenvalue weighted by Gasteiger charge is 2.19. The minimum atomic E-state index is 0.167. The second-order valence-corrected chi connectivity index (χ2v) is 4.78. The van der Waals surface area contributed by atoms with Crippen LogP contribution in [0.15, 0.2) is 24.3 Å². The van der Waals surface area contributed by atoms with Crippen LogP contribution in [0.5, 0.6) is 5.75 Å². The van der Waals surface area contributed by atoms with Gasteiger partial charge in [0.25, 0.3) is 0 Å². The van der Waals surface area contributed by atoms with Gasteiger partial charge in [-0.1, -0.05) is 26.0 Å². The third-order valence-corrected chi connectivity index (χ3v) is 3.14. The second kappa shape index (κ2) is 8.94. The molecule has 1 N–H and O–H groups in total. The third-order valence-electron chi connectivity index (χ3n) is 3.14. The number of nitrogens with one attached hydrogen (secondary N) is 1. The van der Waals surface area contributed by atoms with E-state index in [-0.39, 0.29) is 12.1 Å². The smallest absolute Gasteiger partial charge is 0.118 e. The van der Waals surface area contributed by atoms with Crippen LogP contribution in [-0.4, -0.2) is 26.4 Å². The summed E-state index contributed by atoms with van der Waals surface area (Å²) in [5.41, 5.74) is 1.25. The first-order valence-corrected chi connectivity index (χ1v) is 7.21. The van der Waals surface area contributed by atoms with Gasteiger partial charge in [-0.3, -0.25) is 0 Å². The van der Waals surface area contributed by atoms with E-state index < -0.39 is 0 Å². The molecule has 0 aliphatic rings. The van der Waals surface area contributed by atoms with Crippen LogP contribution in [0, 0.1) is 0 Å². The summed E-state index contributed by atoms with van der Waals surface area (Å²) in [6, 6.07) is 8.46. The van der Waals surface area contributed by atoms with E-state index in [4.69, 9.17) is 9.47 Å². The summed E-state index contributed by atoms with van der Waals surface area (Å²) in [6.45, 7) is 8.25. The molecule has 0 spiro atoms. The van der Waals surface area contributed by atoms with Crippen LogP contribution in [0.3, 0.4) is 0 Å². The molecule has 2 atom stereocenters. The molecule has 0 aromatic heterocycles. The van der Waals surface area contributed by atoms with Gasteiger partial charge >= 0.3 is 0 Å². The van der Waals surface area contributed by atoms with Gasteiger partial charge in [0.05, 0.1) is 19.3 Å². The Morgan fingerprint density at radius 3 is 2.32 bits per heavy atom. The van der Waals surface area contributed by atoms with Gasteiger partial charge < -0.3 is 14.8 Å². The summed E-state index contributed by atoms with van der Waals surface area (Å²) < 4.78 is 11.1. The van der Waals surface area contributed by atoms with Crippen molar-refractivity contribution in [3.63, 3.8) is 0 Å². The molecule has 3 nitrogen and oxygen atoms in total. The molecule has 0 heterocycles. The van der Waals surface area contributed by atoms with Crippen molar-refractivity contribution < 1.29 is 9.47 Å². The number of methoxy groups -OCH3 is 1. The Morgan fingerprint density at radius 1 is 1.11 bits per heavy atom. The lowest BCUT2D eigenvalue weighted by atomic mass is 10.0. The zero-order valence-corrected chi connectivity index (χ0v) is 12.6. The maximum absolute atomic E-state index is 5.87. The van der Waals surface area contributed by atoms with E-state index in [0.29, 0.717) is 0 Å². The first kappa shape index (κ1) is 16.0. The molecular formula is C16H27NO2. The molecule has 0 saturated heterocycles. The summed E-state index contributed by atoms with van der Waals surface area (Å²) >= 11 is 0. The molecule has 2 unspecified atom stereocenters. The highest BCUT2D eigenvalue weighted by Crippen LogP contribution is 2.22. The molecule has 1 aromatic carbocycles. The van der Waals surface area contributed by atoms with Crippen molar-refractivity contribution in [3.05, 3.63) is 29.8 Å². The monoisotopic (exact) mass is 265 g/mol. The molecule has 1 rings (SSSR count). The average molecular weight is 265 g/mol. The van der Waals surface area contributed by atoms with Crippen LogP contribution in [0.4, 0.5) is 0 Å². The maximum atomic E-state index is 5.87. The predicted octanol–water partition coefficient (Wildman–Crippen LogP) is 3.55. The van der Waals surface area contributed by atoms with E-state index in [0.717, 1.165) is 31.7 Å². The largest absolute Gasteiger partial charge is 0.497 e. The minimum Gasteiger partial charge on any atom is -0.497 e. The van der Waals surface area contributed by atoms with Crippen LogP contribution in [0.2, 0.25) is 0 Å². The zero-order valence-electron chi connectivity index (χ0n) is 12.6. The SMILES string of the molecule is CCCNC(c1ccc(OC)cc1)C(C)OCCC. The lowest BCUT2D eigenvalue weighted by molar-refractivity contribution is 0.0389. The fraction of sp³-hybridized carbons (Fsp3) is 0.625. The average Bonchev–Trinajstić information content (AvgIpc) is 2.46. The zero-order chi connectivity index (χ0) is 14.1. The molecule has 1 aromatic rings. The van der Waals surface area contributed by atoms with Crippen LogP contribution in [0.25, 0.3) is 0 Å². The van der Waals surface area contributed by atoms with Crippen molar-refractivity contribution in [2.24, 2.45) is 0 Å². The van der Waals surface area contributed by atoms with E-state index in [1.165, 1.54) is 5.56 Å². The van der Waals surface area contributed by atoms with Gasteiger partial charge in [0, 0.05) is 6.61 Å². The minimum absolute atomic E-state index is 0.167. The van der Waals surface area contributed by atoms with Crippen molar-refractivity contribution in [1.82, 2.24) is 5.32 Å². The quantitative estimate of drug-likeness (QED) is 0.740. The molecule has 3 heteroatoms. The summed E-state index contributed by atoms with van der Waals surface area (Å²) in [5.74, 6) is 0.889. The normalized spacial score (nSPS) is 14.1. The van der Waals surface area contributed by atoms with E-state index in [9.17, 15) is 0 Å². The van der Waals surface area contributed by atoms with Crippen molar-refractivity contribution in [3.8, 4) is 5.75 Å². The summed E-state index contributed by atoms with van der Waals surface area (Å²) in [7, 11) is 1.69. The lowest BCUT2D eigenvalue weighted by Gasteiger charge is -2.26. The number of rotatable bonds is 9. The summed E-state index contributed by atoms with van der Waals surface area (Å²) in [5, 5.41) is 3.57. The molecule has 0 radical (unpaired) electrons. The Morgan fingerprint density at radius 2 is 1.79 bits per heavy atom. The van der Waals surface area contributed by atoms with Gasteiger partial charge in [-0.2, -0.15) is 0 Å². The number of hydrogen-bond acceptors (Lipinski definition) is 3. The van der Waals surface area contributed by atoms with Gasteiger partial charge in [-0.15, -0.1) is 0 Å². The van der Waals surface area contributed by atoms with E-state index in [2.05, 4.69) is 38.2 Å². The molecule has 108 valence electrons. The molecule has 0 aliphatic heterocycles. The summed E-state index contributed by atoms with van der Waals surface area (Å²) in [6.07, 6.45) is 2.33. The first-order chi connectivity index (χ1) is 9.22. The van der Waals surface area contributed by atoms with E-state index in [1.807, 2.05) is 12.1 Å². The van der Waals surface area contributed by atoms with Gasteiger partial charge in [0.2, 0.25) is 0 Å². The highest BCUT2D eigenvalue weighted by atomic mass is 16.5. The first-order valence-electron chi connectivity index (χ1n) is 7.21. The second-order valence-electron chi connectivity index (χ2n) is 4.78. The van der Waals surface area contributed by atoms with Gasteiger partial charge in [-0.05, 0) is 44.0 Å². The maximum Gasteiger partial charge on any atom is 0.118 e. The molecule has 0 bridgehead atoms. The fourth-order valence-electron chi connectivity index (χ4n) is 2.07. The van der Waals surface area contributed by atoms with Gasteiger partial charge in [0.15, 0.2) is 0 Å². The van der Waals surface area contributed by atoms with E-state index in [1.54, 1.807) is 7.11 Å². The van der Waals surface area contributed by atoms with Crippen LogP contribution in [-0.2, 0) is 4.74 Å². The van der Waals surface area contributed by atoms with Gasteiger partial charge in [-0.25, -0.2) is 0 Å². The standard InChI is InChI=1S/C16H27NO2/c1-5-11-17-16(13(3)19-12-6-2)14-7-9-15(18-4)10-8-14/h7-10,13,16-17H,5-6,11-12H2,1-4H3. The van der Waals surface area contributed by atoms with Crippen molar-refractivity contribution in [2.45, 2.75) is 45.8 Å². The molecule has 0 fully saturated rings. The Hall–Kier alpha value is -1.06. The molecule has 0 aliphatic carbocycles. The van der Waals surface area contributed by atoms with Crippen molar-refractivity contribution in [1.29, 1.82) is 0 Å². The van der Waals surface area contributed by atoms with Crippen LogP contribution < -0.4 is 10.1 Å². The molecular weight excluding hydrogens is 238 g/mol. The van der Waals surface area contributed by atoms with Crippen molar-refractivity contribution in [2.75, 3.05) is 20.3 Å². The van der Waals surface area contributed by atoms with Gasteiger partial charge in [0.1, 0.15) is 5.75 Å². The third kappa shape index (κ3) is 5.21. The van der Waals surface area contributed by atoms with Crippen molar-refractivity contribution >= 4 is 0 Å². The van der Waals surface area contributed by atoms with E-state index >= 15 is 0 Å². The Labute approximate surface area is 117 Å². The predicted molar refractivity (Wildman–Crippen MR) is 79.7 cm³/mol. The highest BCUT2D eigenvalue weighted by molar-refractivity contribution is 5.29. The Bertz CT molecular complexity index is 337. The lowest BCUT2D eigenvalue weighted by Crippen LogP contribution is -2.32. The Balaban J connectivity index is 2.75. The Kier molecular flexibility index (Phi) is 7.53. The molecule has 19 heavy (non-hydrogen) atoms. The fourth-order valence-corrected chi connectivity index (χ4v) is 2.07. The molecule has 0 amide bonds. The topological polar surface area (TPSA) is 30.5 Å². The van der Waals surface area contributed by atoms with Crippen LogP contribution in [0.1, 0.15) is 45.2 Å². The molecule has 0 saturated carbocycles. The van der Waals surface area contributed by atoms with Crippen LogP contribution >= 0.6 is 0 Å². The number of ether oxygens (including phenoxy) is 2. The number of hydrogen-bond donors (Lipinski definition) is 1. The summed E-state index contributed by atoms with van der Waals surface area (Å²) in [4.78, 5) is 0. The number of benzene rings is 1.